The Bertz CT molecular complexity index is 70.5. The van der Waals surface area contributed by atoms with E-state index in [4.69, 9.17) is 9.84 Å². The van der Waals surface area contributed by atoms with Gasteiger partial charge in [0.05, 0.1) is 12.2 Å². The summed E-state index contributed by atoms with van der Waals surface area (Å²) in [5.41, 5.74) is 0. The van der Waals surface area contributed by atoms with E-state index in [0.717, 1.165) is 0 Å². The molecule has 7 heavy (non-hydrogen) atoms. The first-order valence-corrected chi connectivity index (χ1v) is 2.55. The lowest BCUT2D eigenvalue weighted by atomic mass is 10.2. The van der Waals surface area contributed by atoms with Crippen LogP contribution in [-0.4, -0.2) is 23.4 Å². The fourth-order valence-electron chi connectivity index (χ4n) is 0.708. The van der Waals surface area contributed by atoms with Crippen molar-refractivity contribution in [2.45, 2.75) is 32.2 Å². The van der Waals surface area contributed by atoms with Gasteiger partial charge >= 0.3 is 0 Å². The maximum atomic E-state index is 8.74. The lowest BCUT2D eigenvalue weighted by Gasteiger charge is -1.92. The Morgan fingerprint density at radius 2 is 2.14 bits per heavy atom. The third-order valence-corrected chi connectivity index (χ3v) is 1.23. The van der Waals surface area contributed by atoms with Gasteiger partial charge in [0, 0.05) is 0 Å². The zero-order valence-electron chi connectivity index (χ0n) is 4.59. The second-order valence-corrected chi connectivity index (χ2v) is 2.05. The number of rotatable bonds is 1. The van der Waals surface area contributed by atoms with Crippen LogP contribution in [0.25, 0.3) is 0 Å². The van der Waals surface area contributed by atoms with Crippen LogP contribution in [0.4, 0.5) is 0 Å². The van der Waals surface area contributed by atoms with Crippen molar-refractivity contribution in [3.8, 4) is 0 Å². The highest BCUT2D eigenvalue weighted by Gasteiger charge is 2.37. The molecule has 0 bridgehead atoms. The standard InChI is InChI=1S/C5H10O2/c1-3(6)5-4(2)7-5/h3-6H,1-2H3/t3-,4?,5?/m0/s1. The van der Waals surface area contributed by atoms with Gasteiger partial charge in [0.2, 0.25) is 0 Å². The van der Waals surface area contributed by atoms with Crippen LogP contribution in [0.2, 0.25) is 0 Å². The summed E-state index contributed by atoms with van der Waals surface area (Å²) >= 11 is 0. The van der Waals surface area contributed by atoms with Crippen molar-refractivity contribution in [2.24, 2.45) is 0 Å². The third-order valence-electron chi connectivity index (χ3n) is 1.23. The molecule has 0 radical (unpaired) electrons. The predicted molar refractivity (Wildman–Crippen MR) is 26.0 cm³/mol. The molecule has 1 aliphatic rings. The van der Waals surface area contributed by atoms with Crippen LogP contribution in [-0.2, 0) is 4.74 Å². The summed E-state index contributed by atoms with van der Waals surface area (Å²) in [7, 11) is 0. The normalized spacial score (nSPS) is 43.3. The molecule has 0 aromatic heterocycles. The van der Waals surface area contributed by atoms with Gasteiger partial charge in [-0.1, -0.05) is 0 Å². The minimum absolute atomic E-state index is 0.125. The van der Waals surface area contributed by atoms with Gasteiger partial charge in [-0.15, -0.1) is 0 Å². The van der Waals surface area contributed by atoms with Crippen molar-refractivity contribution in [3.05, 3.63) is 0 Å². The molecule has 2 nitrogen and oxygen atoms in total. The van der Waals surface area contributed by atoms with E-state index in [1.54, 1.807) is 6.92 Å². The molecule has 0 aromatic carbocycles. The summed E-state index contributed by atoms with van der Waals surface area (Å²) in [6, 6.07) is 0. The van der Waals surface area contributed by atoms with Gasteiger partial charge in [-0.2, -0.15) is 0 Å². The van der Waals surface area contributed by atoms with Crippen molar-refractivity contribution in [2.75, 3.05) is 0 Å². The molecule has 0 amide bonds. The summed E-state index contributed by atoms with van der Waals surface area (Å²) in [6.07, 6.45) is 0.134. The molecular weight excluding hydrogens is 92.1 g/mol. The van der Waals surface area contributed by atoms with Crippen molar-refractivity contribution < 1.29 is 9.84 Å². The molecule has 1 heterocycles. The van der Waals surface area contributed by atoms with E-state index in [1.807, 2.05) is 6.92 Å². The highest BCUT2D eigenvalue weighted by molar-refractivity contribution is 4.84. The number of hydrogen-bond acceptors (Lipinski definition) is 2. The van der Waals surface area contributed by atoms with Crippen LogP contribution in [0, 0.1) is 0 Å². The Morgan fingerprint density at radius 1 is 1.71 bits per heavy atom. The predicted octanol–water partition coefficient (Wildman–Crippen LogP) is 0.154. The topological polar surface area (TPSA) is 32.8 Å². The molecule has 1 saturated heterocycles. The molecule has 0 saturated carbocycles. The summed E-state index contributed by atoms with van der Waals surface area (Å²) in [5.74, 6) is 0. The van der Waals surface area contributed by atoms with Gasteiger partial charge in [-0.05, 0) is 13.8 Å². The van der Waals surface area contributed by atoms with Crippen LogP contribution in [0.15, 0.2) is 0 Å². The second-order valence-electron chi connectivity index (χ2n) is 2.05. The number of aliphatic hydroxyl groups is 1. The maximum Gasteiger partial charge on any atom is 0.109 e. The molecule has 0 aromatic rings. The average Bonchev–Trinajstić information content (AvgIpc) is 2.17. The number of ether oxygens (including phenoxy) is 1. The molecule has 0 aliphatic carbocycles. The lowest BCUT2D eigenvalue weighted by Crippen LogP contribution is -2.09. The van der Waals surface area contributed by atoms with Crippen LogP contribution in [0.5, 0.6) is 0 Å². The summed E-state index contributed by atoms with van der Waals surface area (Å²) in [6.45, 7) is 3.70. The second kappa shape index (κ2) is 1.46. The van der Waals surface area contributed by atoms with E-state index in [0.29, 0.717) is 6.10 Å². The SMILES string of the molecule is CC1OC1[C@H](C)O. The minimum Gasteiger partial charge on any atom is -0.391 e. The van der Waals surface area contributed by atoms with Crippen LogP contribution < -0.4 is 0 Å². The largest absolute Gasteiger partial charge is 0.391 e. The van der Waals surface area contributed by atoms with Crippen molar-refractivity contribution in [3.63, 3.8) is 0 Å². The molecule has 1 N–H and O–H groups in total. The number of hydrogen-bond donors (Lipinski definition) is 1. The van der Waals surface area contributed by atoms with Crippen LogP contribution in [0.1, 0.15) is 13.8 Å². The summed E-state index contributed by atoms with van der Waals surface area (Å²) in [4.78, 5) is 0. The molecule has 2 unspecified atom stereocenters. The first-order valence-electron chi connectivity index (χ1n) is 2.55. The first kappa shape index (κ1) is 5.06. The molecule has 2 heteroatoms. The fraction of sp³-hybridized carbons (Fsp3) is 1.00. The number of epoxide rings is 1. The summed E-state index contributed by atoms with van der Waals surface area (Å²) < 4.78 is 4.93. The Labute approximate surface area is 43.1 Å². The van der Waals surface area contributed by atoms with Crippen molar-refractivity contribution >= 4 is 0 Å². The maximum absolute atomic E-state index is 8.74. The Hall–Kier alpha value is -0.0800. The fourth-order valence-corrected chi connectivity index (χ4v) is 0.708. The van der Waals surface area contributed by atoms with Crippen LogP contribution in [0.3, 0.4) is 0 Å². The highest BCUT2D eigenvalue weighted by Crippen LogP contribution is 2.23. The van der Waals surface area contributed by atoms with Crippen molar-refractivity contribution in [1.29, 1.82) is 0 Å². The zero-order chi connectivity index (χ0) is 5.44. The zero-order valence-corrected chi connectivity index (χ0v) is 4.59. The van der Waals surface area contributed by atoms with Crippen LogP contribution >= 0.6 is 0 Å². The van der Waals surface area contributed by atoms with E-state index in [9.17, 15) is 0 Å². The minimum atomic E-state index is -0.282. The quantitative estimate of drug-likeness (QED) is 0.478. The van der Waals surface area contributed by atoms with Gasteiger partial charge in [0.1, 0.15) is 6.10 Å². The molecule has 1 aliphatic heterocycles. The average molecular weight is 102 g/mol. The first-order chi connectivity index (χ1) is 3.22. The Balaban J connectivity index is 2.20. The van der Waals surface area contributed by atoms with E-state index in [1.165, 1.54) is 0 Å². The van der Waals surface area contributed by atoms with E-state index >= 15 is 0 Å². The van der Waals surface area contributed by atoms with Gasteiger partial charge < -0.3 is 9.84 Å². The molecule has 0 spiro atoms. The molecule has 3 atom stereocenters. The summed E-state index contributed by atoms with van der Waals surface area (Å²) in [5, 5.41) is 8.74. The van der Waals surface area contributed by atoms with Crippen molar-refractivity contribution in [1.82, 2.24) is 0 Å². The molecular formula is C5H10O2. The number of aliphatic hydroxyl groups excluding tert-OH is 1. The highest BCUT2D eigenvalue weighted by atomic mass is 16.6. The molecule has 42 valence electrons. The van der Waals surface area contributed by atoms with E-state index in [-0.39, 0.29) is 12.2 Å². The van der Waals surface area contributed by atoms with Gasteiger partial charge in [0.15, 0.2) is 0 Å². The smallest absolute Gasteiger partial charge is 0.109 e. The molecule has 1 rings (SSSR count). The van der Waals surface area contributed by atoms with E-state index < -0.39 is 0 Å². The van der Waals surface area contributed by atoms with Gasteiger partial charge in [-0.25, -0.2) is 0 Å². The van der Waals surface area contributed by atoms with E-state index in [2.05, 4.69) is 0 Å². The lowest BCUT2D eigenvalue weighted by molar-refractivity contribution is 0.152. The van der Waals surface area contributed by atoms with Gasteiger partial charge in [-0.3, -0.25) is 0 Å². The monoisotopic (exact) mass is 102 g/mol. The Morgan fingerprint density at radius 3 is 2.14 bits per heavy atom. The van der Waals surface area contributed by atoms with Gasteiger partial charge in [0.25, 0.3) is 0 Å². The third kappa shape index (κ3) is 0.924. The Kier molecular flexibility index (Phi) is 1.05. The molecule has 1 fully saturated rings.